The molecule has 0 N–H and O–H groups in total. The third-order valence-corrected chi connectivity index (χ3v) is 5.72. The van der Waals surface area contributed by atoms with E-state index in [1.54, 1.807) is 0 Å². The zero-order valence-corrected chi connectivity index (χ0v) is 15.8. The van der Waals surface area contributed by atoms with Gasteiger partial charge in [-0.15, -0.1) is 0 Å². The first-order valence-corrected chi connectivity index (χ1v) is 9.80. The number of unbranched alkanes of at least 4 members (excludes halogenated alkanes) is 5. The van der Waals surface area contributed by atoms with Crippen molar-refractivity contribution < 1.29 is 0 Å². The largest absolute Gasteiger partial charge is 0.0654 e. The van der Waals surface area contributed by atoms with Gasteiger partial charge in [-0.05, 0) is 23.5 Å². The second-order valence-electron chi connectivity index (χ2n) is 7.39. The Balaban J connectivity index is 2.09. The predicted octanol–water partition coefficient (Wildman–Crippen LogP) is 7.38. The van der Waals surface area contributed by atoms with Crippen LogP contribution in [0.3, 0.4) is 0 Å². The third-order valence-electron chi connectivity index (χ3n) is 5.72. The Morgan fingerprint density at radius 3 is 1.67 bits per heavy atom. The average Bonchev–Trinajstić information content (AvgIpc) is 2.65. The third kappa shape index (κ3) is 4.72. The summed E-state index contributed by atoms with van der Waals surface area (Å²) in [5.41, 5.74) is 2.97. The fraction of sp³-hybridized carbons (Fsp3) is 0.500. The Bertz CT molecular complexity index is 516. The molecule has 0 saturated carbocycles. The molecule has 0 nitrogen and oxygen atoms in total. The minimum absolute atomic E-state index is 0.0892. The van der Waals surface area contributed by atoms with Gasteiger partial charge in [-0.25, -0.2) is 0 Å². The van der Waals surface area contributed by atoms with E-state index in [9.17, 15) is 0 Å². The molecule has 0 saturated heterocycles. The summed E-state index contributed by atoms with van der Waals surface area (Å²) in [6.07, 6.45) is 9.54. The highest BCUT2D eigenvalue weighted by Crippen LogP contribution is 2.41. The molecule has 0 bridgehead atoms. The Kier molecular flexibility index (Phi) is 7.56. The Hall–Kier alpha value is -1.56. The van der Waals surface area contributed by atoms with Crippen LogP contribution in [0.25, 0.3) is 0 Å². The van der Waals surface area contributed by atoms with Gasteiger partial charge in [0.15, 0.2) is 0 Å². The van der Waals surface area contributed by atoms with Crippen LogP contribution in [0.15, 0.2) is 60.7 Å². The lowest BCUT2D eigenvalue weighted by molar-refractivity contribution is 0.338. The van der Waals surface area contributed by atoms with E-state index in [1.165, 1.54) is 56.1 Å². The molecule has 0 amide bonds. The highest BCUT2D eigenvalue weighted by molar-refractivity contribution is 5.39. The molecule has 0 spiro atoms. The average molecular weight is 323 g/mol. The molecule has 130 valence electrons. The van der Waals surface area contributed by atoms with Crippen LogP contribution in [-0.2, 0) is 5.41 Å². The molecular formula is C24H34. The Labute approximate surface area is 149 Å². The van der Waals surface area contributed by atoms with Crippen molar-refractivity contribution >= 4 is 0 Å². The van der Waals surface area contributed by atoms with Gasteiger partial charge >= 0.3 is 0 Å². The molecule has 0 heterocycles. The molecule has 0 aliphatic heterocycles. The molecule has 2 aromatic rings. The van der Waals surface area contributed by atoms with Crippen LogP contribution in [0.5, 0.6) is 0 Å². The monoisotopic (exact) mass is 322 g/mol. The van der Waals surface area contributed by atoms with Crippen LogP contribution in [0.2, 0.25) is 0 Å². The standard InChI is InChI=1S/C24H34/c1-4-5-6-7-8-11-16-21(2)24(3,22-17-12-9-13-18-22)23-19-14-10-15-20-23/h9-10,12-15,17-21H,4-8,11,16H2,1-3H3. The molecule has 0 heteroatoms. The van der Waals surface area contributed by atoms with Crippen LogP contribution in [0, 0.1) is 5.92 Å². The van der Waals surface area contributed by atoms with E-state index in [1.807, 2.05) is 0 Å². The molecule has 0 aliphatic rings. The summed E-state index contributed by atoms with van der Waals surface area (Å²) in [5.74, 6) is 0.633. The lowest BCUT2D eigenvalue weighted by Gasteiger charge is -2.37. The van der Waals surface area contributed by atoms with Crippen molar-refractivity contribution in [2.75, 3.05) is 0 Å². The second-order valence-corrected chi connectivity index (χ2v) is 7.39. The molecule has 2 aromatic carbocycles. The molecule has 24 heavy (non-hydrogen) atoms. The van der Waals surface area contributed by atoms with Crippen molar-refractivity contribution in [1.82, 2.24) is 0 Å². The fourth-order valence-corrected chi connectivity index (χ4v) is 3.82. The summed E-state index contributed by atoms with van der Waals surface area (Å²) in [6.45, 7) is 7.15. The summed E-state index contributed by atoms with van der Waals surface area (Å²) in [7, 11) is 0. The molecular weight excluding hydrogens is 288 g/mol. The molecule has 1 unspecified atom stereocenters. The van der Waals surface area contributed by atoms with Crippen molar-refractivity contribution in [2.24, 2.45) is 5.92 Å². The first-order chi connectivity index (χ1) is 11.7. The van der Waals surface area contributed by atoms with Crippen molar-refractivity contribution in [3.8, 4) is 0 Å². The zero-order valence-electron chi connectivity index (χ0n) is 15.8. The van der Waals surface area contributed by atoms with Crippen molar-refractivity contribution in [1.29, 1.82) is 0 Å². The Morgan fingerprint density at radius 2 is 1.17 bits per heavy atom. The molecule has 0 aliphatic carbocycles. The van der Waals surface area contributed by atoms with E-state index in [-0.39, 0.29) is 5.41 Å². The van der Waals surface area contributed by atoms with E-state index in [0.717, 1.165) is 0 Å². The predicted molar refractivity (Wildman–Crippen MR) is 106 cm³/mol. The lowest BCUT2D eigenvalue weighted by atomic mass is 9.66. The van der Waals surface area contributed by atoms with E-state index in [4.69, 9.17) is 0 Å². The number of hydrogen-bond donors (Lipinski definition) is 0. The van der Waals surface area contributed by atoms with E-state index in [0.29, 0.717) is 5.92 Å². The smallest absolute Gasteiger partial charge is 0.0200 e. The minimum Gasteiger partial charge on any atom is -0.0654 e. The number of hydrogen-bond acceptors (Lipinski definition) is 0. The van der Waals surface area contributed by atoms with Gasteiger partial charge in [0, 0.05) is 5.41 Å². The van der Waals surface area contributed by atoms with Crippen LogP contribution < -0.4 is 0 Å². The van der Waals surface area contributed by atoms with Gasteiger partial charge in [0.25, 0.3) is 0 Å². The molecule has 1 atom stereocenters. The van der Waals surface area contributed by atoms with Crippen LogP contribution >= 0.6 is 0 Å². The van der Waals surface area contributed by atoms with Crippen LogP contribution in [-0.4, -0.2) is 0 Å². The van der Waals surface area contributed by atoms with Gasteiger partial charge in [0.2, 0.25) is 0 Å². The highest BCUT2D eigenvalue weighted by Gasteiger charge is 2.34. The van der Waals surface area contributed by atoms with E-state index < -0.39 is 0 Å². The lowest BCUT2D eigenvalue weighted by Crippen LogP contribution is -2.31. The summed E-state index contributed by atoms with van der Waals surface area (Å²) >= 11 is 0. The summed E-state index contributed by atoms with van der Waals surface area (Å²) < 4.78 is 0. The van der Waals surface area contributed by atoms with Crippen LogP contribution in [0.1, 0.15) is 76.8 Å². The maximum Gasteiger partial charge on any atom is 0.0200 e. The van der Waals surface area contributed by atoms with Crippen molar-refractivity contribution in [3.05, 3.63) is 71.8 Å². The SMILES string of the molecule is CCCCCCCCC(C)C(C)(c1ccccc1)c1ccccc1. The van der Waals surface area contributed by atoms with Crippen molar-refractivity contribution in [2.45, 2.75) is 71.1 Å². The number of benzene rings is 2. The van der Waals surface area contributed by atoms with Crippen molar-refractivity contribution in [3.63, 3.8) is 0 Å². The minimum atomic E-state index is 0.0892. The summed E-state index contributed by atoms with van der Waals surface area (Å²) in [5, 5.41) is 0. The van der Waals surface area contributed by atoms with Gasteiger partial charge in [0.05, 0.1) is 0 Å². The molecule has 2 rings (SSSR count). The molecule has 0 fully saturated rings. The highest BCUT2D eigenvalue weighted by atomic mass is 14.4. The Morgan fingerprint density at radius 1 is 0.708 bits per heavy atom. The van der Waals surface area contributed by atoms with E-state index >= 15 is 0 Å². The number of rotatable bonds is 10. The summed E-state index contributed by atoms with van der Waals surface area (Å²) in [4.78, 5) is 0. The van der Waals surface area contributed by atoms with Gasteiger partial charge < -0.3 is 0 Å². The maximum atomic E-state index is 2.44. The first kappa shape index (κ1) is 18.8. The van der Waals surface area contributed by atoms with Gasteiger partial charge in [-0.3, -0.25) is 0 Å². The molecule has 0 aromatic heterocycles. The topological polar surface area (TPSA) is 0 Å². The van der Waals surface area contributed by atoms with Gasteiger partial charge in [0.1, 0.15) is 0 Å². The quantitative estimate of drug-likeness (QED) is 0.400. The second kappa shape index (κ2) is 9.67. The van der Waals surface area contributed by atoms with Gasteiger partial charge in [-0.2, -0.15) is 0 Å². The first-order valence-electron chi connectivity index (χ1n) is 9.80. The fourth-order valence-electron chi connectivity index (χ4n) is 3.82. The van der Waals surface area contributed by atoms with E-state index in [2.05, 4.69) is 81.4 Å². The summed E-state index contributed by atoms with van der Waals surface area (Å²) in [6, 6.07) is 22.1. The van der Waals surface area contributed by atoms with Gasteiger partial charge in [-0.1, -0.05) is 120 Å². The maximum absolute atomic E-state index is 2.44. The molecule has 0 radical (unpaired) electrons. The zero-order chi connectivity index (χ0) is 17.3. The normalized spacial score (nSPS) is 13.0. The van der Waals surface area contributed by atoms with Crippen LogP contribution in [0.4, 0.5) is 0 Å².